The van der Waals surface area contributed by atoms with E-state index in [1.165, 1.54) is 24.4 Å². The number of fused-ring (bicyclic) bond motifs is 2. The molecule has 0 aliphatic carbocycles. The van der Waals surface area contributed by atoms with Gasteiger partial charge in [0.1, 0.15) is 11.6 Å². The molecule has 2 atom stereocenters. The molecule has 9 nitrogen and oxygen atoms in total. The first kappa shape index (κ1) is 30.0. The zero-order valence-electron chi connectivity index (χ0n) is 21.7. The second kappa shape index (κ2) is 12.0. The van der Waals surface area contributed by atoms with Crippen LogP contribution in [0.2, 0.25) is 0 Å². The van der Waals surface area contributed by atoms with Crippen LogP contribution in [0.25, 0.3) is 22.2 Å². The monoisotopic (exact) mass is 626 g/mol. The number of halogens is 6. The molecule has 4 heterocycles. The molecule has 1 amide bonds. The lowest BCUT2D eigenvalue weighted by atomic mass is 10.1. The van der Waals surface area contributed by atoms with E-state index in [2.05, 4.69) is 25.0 Å². The van der Waals surface area contributed by atoms with E-state index in [0.717, 1.165) is 18.2 Å². The third-order valence-corrected chi connectivity index (χ3v) is 8.21. The summed E-state index contributed by atoms with van der Waals surface area (Å²) in [6.07, 6.45) is -1.22. The maximum Gasteiger partial charge on any atom is 0.388 e. The lowest BCUT2D eigenvalue weighted by Gasteiger charge is -2.13. The fraction of sp³-hybridized carbons (Fsp3) is 0.259. The molecular formula is C27H20F6N4O5S. The van der Waals surface area contributed by atoms with Gasteiger partial charge in [-0.1, -0.05) is 0 Å². The number of hydrogen-bond donors (Lipinski definition) is 1. The molecule has 43 heavy (non-hydrogen) atoms. The fourth-order valence-corrected chi connectivity index (χ4v) is 5.64. The van der Waals surface area contributed by atoms with Gasteiger partial charge < -0.3 is 14.8 Å². The second-order valence-electron chi connectivity index (χ2n) is 9.21. The number of alkyl halides is 5. The molecular weight excluding hydrogens is 606 g/mol. The van der Waals surface area contributed by atoms with E-state index in [1.807, 2.05) is 0 Å². The summed E-state index contributed by atoms with van der Waals surface area (Å²) >= 11 is 0. The highest BCUT2D eigenvalue weighted by molar-refractivity contribution is 7.92. The fourth-order valence-electron chi connectivity index (χ4n) is 4.25. The number of aromatic nitrogens is 3. The summed E-state index contributed by atoms with van der Waals surface area (Å²) in [6.45, 7) is -5.30. The van der Waals surface area contributed by atoms with Crippen molar-refractivity contribution in [2.45, 2.75) is 36.1 Å². The van der Waals surface area contributed by atoms with Crippen molar-refractivity contribution < 1.29 is 49.0 Å². The molecule has 1 N–H and O–H groups in total. The van der Waals surface area contributed by atoms with Gasteiger partial charge in [-0.2, -0.15) is 8.78 Å². The van der Waals surface area contributed by atoms with Gasteiger partial charge in [0.25, 0.3) is 5.91 Å². The van der Waals surface area contributed by atoms with Gasteiger partial charge in [0.15, 0.2) is 17.7 Å². The minimum absolute atomic E-state index is 0.0247. The van der Waals surface area contributed by atoms with Crippen LogP contribution in [-0.4, -0.2) is 54.7 Å². The first-order valence-electron chi connectivity index (χ1n) is 12.5. The van der Waals surface area contributed by atoms with Gasteiger partial charge in [0, 0.05) is 23.6 Å². The minimum Gasteiger partial charge on any atom is -0.489 e. The van der Waals surface area contributed by atoms with Crippen LogP contribution < -0.4 is 14.8 Å². The summed E-state index contributed by atoms with van der Waals surface area (Å²) in [4.78, 5) is 24.3. The molecule has 0 unspecified atom stereocenters. The van der Waals surface area contributed by atoms with Crippen LogP contribution in [0.5, 0.6) is 11.6 Å². The number of nitrogens with one attached hydrogen (secondary N) is 1. The number of amides is 1. The maximum atomic E-state index is 14.6. The van der Waals surface area contributed by atoms with Crippen molar-refractivity contribution in [3.8, 4) is 22.9 Å². The number of ether oxygens (including phenoxy) is 2. The highest BCUT2D eigenvalue weighted by Crippen LogP contribution is 2.35. The Morgan fingerprint density at radius 3 is 2.65 bits per heavy atom. The van der Waals surface area contributed by atoms with Crippen molar-refractivity contribution in [1.29, 1.82) is 0 Å². The topological polar surface area (TPSA) is 120 Å². The van der Waals surface area contributed by atoms with E-state index < -0.39 is 80.7 Å². The number of rotatable bonds is 8. The standard InChI is InChI=1S/C27H20F6N4O5S/c28-10-18(30)20-4-2-16(26(37-20)42-27(32)33)19-3-1-13-11-34-15(9-21(13)36-19)12-35-25(38)14-7-17(29)24-22(8-14)43(39,40)23(31)5-6-41-24/h1-4,7-9,11,18,23,27H,5-6,10,12H2,(H,35,38)/t18-,23-/m1/s1. The van der Waals surface area contributed by atoms with Crippen molar-refractivity contribution in [3.05, 3.63) is 71.4 Å². The molecule has 5 rings (SSSR count). The van der Waals surface area contributed by atoms with Crippen LogP contribution in [0.15, 0.2) is 53.6 Å². The van der Waals surface area contributed by atoms with E-state index in [1.54, 1.807) is 6.07 Å². The third kappa shape index (κ3) is 6.18. The van der Waals surface area contributed by atoms with E-state index >= 15 is 0 Å². The first-order valence-corrected chi connectivity index (χ1v) is 14.1. The van der Waals surface area contributed by atoms with E-state index in [9.17, 15) is 39.6 Å². The summed E-state index contributed by atoms with van der Waals surface area (Å²) in [5.41, 5.74) is -2.53. The lowest BCUT2D eigenvalue weighted by molar-refractivity contribution is -0.0526. The van der Waals surface area contributed by atoms with Crippen molar-refractivity contribution in [2.24, 2.45) is 0 Å². The number of sulfone groups is 1. The number of nitrogens with zero attached hydrogens (tertiary/aromatic N) is 3. The second-order valence-corrected chi connectivity index (χ2v) is 11.3. The van der Waals surface area contributed by atoms with E-state index in [-0.39, 0.29) is 30.1 Å². The number of carbonyl (C=O) groups excluding carboxylic acids is 1. The molecule has 1 aliphatic heterocycles. The summed E-state index contributed by atoms with van der Waals surface area (Å²) in [6, 6.07) is 8.41. The Kier molecular flexibility index (Phi) is 8.39. The lowest BCUT2D eigenvalue weighted by Crippen LogP contribution is -2.24. The van der Waals surface area contributed by atoms with Gasteiger partial charge in [-0.15, -0.1) is 0 Å². The van der Waals surface area contributed by atoms with Gasteiger partial charge in [0.05, 0.1) is 41.3 Å². The van der Waals surface area contributed by atoms with Gasteiger partial charge >= 0.3 is 6.61 Å². The molecule has 0 saturated carbocycles. The number of hydrogen-bond acceptors (Lipinski definition) is 8. The normalized spacial score (nSPS) is 16.7. The minimum atomic E-state index is -4.59. The Hall–Kier alpha value is -4.47. The third-order valence-electron chi connectivity index (χ3n) is 6.38. The molecule has 4 aromatic rings. The zero-order chi connectivity index (χ0) is 30.9. The van der Waals surface area contributed by atoms with Crippen LogP contribution in [0.3, 0.4) is 0 Å². The molecule has 226 valence electrons. The largest absolute Gasteiger partial charge is 0.489 e. The molecule has 0 radical (unpaired) electrons. The van der Waals surface area contributed by atoms with Crippen LogP contribution in [0.4, 0.5) is 26.3 Å². The highest BCUT2D eigenvalue weighted by atomic mass is 32.2. The van der Waals surface area contributed by atoms with Crippen molar-refractivity contribution in [3.63, 3.8) is 0 Å². The molecule has 0 spiro atoms. The smallest absolute Gasteiger partial charge is 0.388 e. The Morgan fingerprint density at radius 2 is 1.91 bits per heavy atom. The number of pyridine rings is 3. The summed E-state index contributed by atoms with van der Waals surface area (Å²) in [7, 11) is -4.59. The molecule has 3 aromatic heterocycles. The average molecular weight is 627 g/mol. The van der Waals surface area contributed by atoms with E-state index in [0.29, 0.717) is 10.9 Å². The van der Waals surface area contributed by atoms with Gasteiger partial charge in [-0.3, -0.25) is 9.78 Å². The first-order chi connectivity index (χ1) is 20.5. The molecule has 0 fully saturated rings. The van der Waals surface area contributed by atoms with Crippen molar-refractivity contribution in [1.82, 2.24) is 20.3 Å². The van der Waals surface area contributed by atoms with Gasteiger partial charge in [-0.25, -0.2) is 35.9 Å². The summed E-state index contributed by atoms with van der Waals surface area (Å²) in [5.74, 6) is -3.35. The van der Waals surface area contributed by atoms with Gasteiger partial charge in [0.2, 0.25) is 21.2 Å². The Morgan fingerprint density at radius 1 is 1.12 bits per heavy atom. The quantitative estimate of drug-likeness (QED) is 0.265. The molecule has 0 bridgehead atoms. The van der Waals surface area contributed by atoms with Crippen molar-refractivity contribution in [2.75, 3.05) is 13.3 Å². The number of carbonyl (C=O) groups is 1. The highest BCUT2D eigenvalue weighted by Gasteiger charge is 2.35. The van der Waals surface area contributed by atoms with Crippen molar-refractivity contribution >= 4 is 26.6 Å². The van der Waals surface area contributed by atoms with Crippen LogP contribution >= 0.6 is 0 Å². The SMILES string of the molecule is O=C(NCc1cc2nc(-c3ccc([C@H](F)CF)nc3OC(F)F)ccc2cn1)c1cc(F)c2c(c1)S(=O)(=O)[C@@H](F)CCO2. The molecule has 1 aromatic carbocycles. The Labute approximate surface area is 239 Å². The van der Waals surface area contributed by atoms with Gasteiger partial charge in [-0.05, 0) is 42.5 Å². The predicted molar refractivity (Wildman–Crippen MR) is 139 cm³/mol. The molecule has 16 heteroatoms. The van der Waals surface area contributed by atoms with Crippen LogP contribution in [-0.2, 0) is 16.4 Å². The van der Waals surface area contributed by atoms with Crippen LogP contribution in [0.1, 0.15) is 34.3 Å². The zero-order valence-corrected chi connectivity index (χ0v) is 22.6. The summed E-state index contributed by atoms with van der Waals surface area (Å²) < 4.78 is 116. The van der Waals surface area contributed by atoms with Crippen LogP contribution in [0, 0.1) is 5.82 Å². The summed E-state index contributed by atoms with van der Waals surface area (Å²) in [5, 5.41) is 2.98. The van der Waals surface area contributed by atoms with E-state index in [4.69, 9.17) is 4.74 Å². The predicted octanol–water partition coefficient (Wildman–Crippen LogP) is 5.19. The molecule has 1 aliphatic rings. The average Bonchev–Trinajstić information content (AvgIpc) is 3.10. The molecule has 0 saturated heterocycles. The number of benzene rings is 1. The Bertz CT molecular complexity index is 1810. The maximum absolute atomic E-state index is 14.6. The Balaban J connectivity index is 1.40.